The minimum absolute atomic E-state index is 0. The number of piperidine rings is 1. The van der Waals surface area contributed by atoms with E-state index in [1.165, 1.54) is 10.6 Å². The summed E-state index contributed by atoms with van der Waals surface area (Å²) in [6.07, 6.45) is 2.28. The Morgan fingerprint density at radius 2 is 2.08 bits per heavy atom. The molecule has 0 atom stereocenters. The Balaban J connectivity index is 0.00000243. The summed E-state index contributed by atoms with van der Waals surface area (Å²) in [5.74, 6) is 0.914. The highest BCUT2D eigenvalue weighted by molar-refractivity contribution is 14.0. The second-order valence-corrected chi connectivity index (χ2v) is 8.02. The molecule has 1 saturated heterocycles. The van der Waals surface area contributed by atoms with Crippen LogP contribution < -0.4 is 15.5 Å². The summed E-state index contributed by atoms with van der Waals surface area (Å²) in [6.45, 7) is 5.86. The number of guanidine groups is 1. The molecule has 1 aromatic heterocycles. The highest BCUT2D eigenvalue weighted by Gasteiger charge is 2.20. The summed E-state index contributed by atoms with van der Waals surface area (Å²) in [6, 6.07) is 13.1. The van der Waals surface area contributed by atoms with E-state index in [2.05, 4.69) is 74.1 Å². The van der Waals surface area contributed by atoms with E-state index in [0.717, 1.165) is 42.9 Å². The Labute approximate surface area is 185 Å². The molecule has 0 aliphatic carbocycles. The second kappa shape index (κ2) is 11.1. The van der Waals surface area contributed by atoms with Gasteiger partial charge in [-0.25, -0.2) is 4.99 Å². The van der Waals surface area contributed by atoms with Crippen molar-refractivity contribution in [2.24, 2.45) is 4.99 Å². The molecule has 0 saturated carbocycles. The van der Waals surface area contributed by atoms with Crippen LogP contribution in [0.3, 0.4) is 0 Å². The van der Waals surface area contributed by atoms with Crippen molar-refractivity contribution in [3.8, 4) is 0 Å². The zero-order valence-corrected chi connectivity index (χ0v) is 19.7. The van der Waals surface area contributed by atoms with Gasteiger partial charge in [0.1, 0.15) is 0 Å². The highest BCUT2D eigenvalue weighted by Crippen LogP contribution is 2.24. The van der Waals surface area contributed by atoms with Crippen molar-refractivity contribution in [2.45, 2.75) is 32.4 Å². The highest BCUT2D eigenvalue weighted by atomic mass is 127. The van der Waals surface area contributed by atoms with E-state index >= 15 is 0 Å². The zero-order valence-electron chi connectivity index (χ0n) is 15.0. The van der Waals surface area contributed by atoms with Crippen LogP contribution in [0.15, 0.2) is 51.2 Å². The van der Waals surface area contributed by atoms with E-state index in [1.54, 1.807) is 0 Å². The van der Waals surface area contributed by atoms with Crippen molar-refractivity contribution in [3.05, 3.63) is 51.8 Å². The van der Waals surface area contributed by atoms with Crippen LogP contribution in [-0.4, -0.2) is 31.6 Å². The van der Waals surface area contributed by atoms with Crippen molar-refractivity contribution < 1.29 is 0 Å². The van der Waals surface area contributed by atoms with Crippen molar-refractivity contribution >= 4 is 62.2 Å². The van der Waals surface area contributed by atoms with Gasteiger partial charge in [0, 0.05) is 30.1 Å². The van der Waals surface area contributed by atoms with Crippen LogP contribution in [0.5, 0.6) is 0 Å². The number of nitrogens with zero attached hydrogens (tertiary/aromatic N) is 2. The van der Waals surface area contributed by atoms with E-state index < -0.39 is 0 Å². The molecule has 7 heteroatoms. The minimum atomic E-state index is 0. The molecule has 2 aromatic rings. The fourth-order valence-electron chi connectivity index (χ4n) is 3.01. The SMILES string of the molecule is CCNC(=NCc1cccc(Br)c1)NC1CCN(c2cccs2)CC1.I. The molecule has 2 N–H and O–H groups in total. The molecule has 1 aliphatic rings. The lowest BCUT2D eigenvalue weighted by Gasteiger charge is -2.33. The third kappa shape index (κ3) is 6.42. The molecule has 26 heavy (non-hydrogen) atoms. The Hall–Kier alpha value is -0.800. The van der Waals surface area contributed by atoms with E-state index in [4.69, 9.17) is 4.99 Å². The van der Waals surface area contributed by atoms with Gasteiger partial charge in [-0.3, -0.25) is 0 Å². The predicted octanol–water partition coefficient (Wildman–Crippen LogP) is 4.85. The van der Waals surface area contributed by atoms with E-state index in [1.807, 2.05) is 17.4 Å². The molecular formula is C19H26BrIN4S. The molecule has 142 valence electrons. The average Bonchev–Trinajstić information content (AvgIpc) is 3.15. The number of halogens is 2. The molecule has 3 rings (SSSR count). The van der Waals surface area contributed by atoms with Crippen LogP contribution in [0.25, 0.3) is 0 Å². The van der Waals surface area contributed by atoms with Crippen LogP contribution in [-0.2, 0) is 6.54 Å². The van der Waals surface area contributed by atoms with Gasteiger partial charge in [0.25, 0.3) is 0 Å². The standard InChI is InChI=1S/C19H25BrN4S.HI/c1-2-21-19(22-14-15-5-3-6-16(20)13-15)23-17-8-10-24(11-9-17)18-7-4-12-25-18;/h3-7,12-13,17H,2,8-11,14H2,1H3,(H2,21,22,23);1H. The summed E-state index contributed by atoms with van der Waals surface area (Å²) in [4.78, 5) is 7.23. The van der Waals surface area contributed by atoms with Crippen molar-refractivity contribution in [1.82, 2.24) is 10.6 Å². The molecule has 1 aliphatic heterocycles. The summed E-state index contributed by atoms with van der Waals surface area (Å²) in [7, 11) is 0. The average molecular weight is 549 g/mol. The number of aliphatic imine (C=N–C) groups is 1. The number of thiophene rings is 1. The molecule has 1 fully saturated rings. The van der Waals surface area contributed by atoms with Gasteiger partial charge >= 0.3 is 0 Å². The monoisotopic (exact) mass is 548 g/mol. The predicted molar refractivity (Wildman–Crippen MR) is 127 cm³/mol. The Bertz CT molecular complexity index is 685. The fraction of sp³-hybridized carbons (Fsp3) is 0.421. The number of hydrogen-bond acceptors (Lipinski definition) is 3. The Morgan fingerprint density at radius 1 is 1.27 bits per heavy atom. The Morgan fingerprint density at radius 3 is 2.73 bits per heavy atom. The van der Waals surface area contributed by atoms with Crippen LogP contribution in [0.2, 0.25) is 0 Å². The van der Waals surface area contributed by atoms with E-state index in [9.17, 15) is 0 Å². The first-order valence-corrected chi connectivity index (χ1v) is 10.5. The fourth-order valence-corrected chi connectivity index (χ4v) is 4.25. The molecule has 0 unspecified atom stereocenters. The third-order valence-corrected chi connectivity index (χ3v) is 5.73. The first-order chi connectivity index (χ1) is 12.2. The molecule has 0 radical (unpaired) electrons. The van der Waals surface area contributed by atoms with Crippen LogP contribution >= 0.6 is 51.2 Å². The van der Waals surface area contributed by atoms with Gasteiger partial charge in [0.05, 0.1) is 11.5 Å². The maximum absolute atomic E-state index is 4.75. The topological polar surface area (TPSA) is 39.7 Å². The van der Waals surface area contributed by atoms with Crippen LogP contribution in [0.1, 0.15) is 25.3 Å². The summed E-state index contributed by atoms with van der Waals surface area (Å²) >= 11 is 5.34. The molecule has 1 aromatic carbocycles. The number of hydrogen-bond donors (Lipinski definition) is 2. The maximum Gasteiger partial charge on any atom is 0.191 e. The lowest BCUT2D eigenvalue weighted by Crippen LogP contribution is -2.48. The summed E-state index contributed by atoms with van der Waals surface area (Å²) in [5, 5.41) is 10.5. The first-order valence-electron chi connectivity index (χ1n) is 8.82. The van der Waals surface area contributed by atoms with Gasteiger partial charge in [-0.2, -0.15) is 0 Å². The third-order valence-electron chi connectivity index (χ3n) is 4.31. The Kier molecular flexibility index (Phi) is 9.21. The number of benzene rings is 1. The molecule has 0 amide bonds. The van der Waals surface area contributed by atoms with Gasteiger partial charge in [-0.15, -0.1) is 35.3 Å². The second-order valence-electron chi connectivity index (χ2n) is 6.18. The molecular weight excluding hydrogens is 523 g/mol. The molecule has 0 spiro atoms. The molecule has 2 heterocycles. The molecule has 4 nitrogen and oxygen atoms in total. The summed E-state index contributed by atoms with van der Waals surface area (Å²) in [5.41, 5.74) is 1.21. The van der Waals surface area contributed by atoms with Gasteiger partial charge in [-0.05, 0) is 55.0 Å². The zero-order chi connectivity index (χ0) is 17.5. The number of nitrogens with one attached hydrogen (secondary N) is 2. The maximum atomic E-state index is 4.75. The van der Waals surface area contributed by atoms with E-state index in [-0.39, 0.29) is 24.0 Å². The van der Waals surface area contributed by atoms with E-state index in [0.29, 0.717) is 12.6 Å². The van der Waals surface area contributed by atoms with Crippen molar-refractivity contribution in [1.29, 1.82) is 0 Å². The number of anilines is 1. The van der Waals surface area contributed by atoms with Crippen molar-refractivity contribution in [2.75, 3.05) is 24.5 Å². The van der Waals surface area contributed by atoms with Crippen LogP contribution in [0, 0.1) is 0 Å². The van der Waals surface area contributed by atoms with Gasteiger partial charge in [0.2, 0.25) is 0 Å². The lowest BCUT2D eigenvalue weighted by molar-refractivity contribution is 0.463. The molecule has 0 bridgehead atoms. The van der Waals surface area contributed by atoms with Gasteiger partial charge < -0.3 is 15.5 Å². The quantitative estimate of drug-likeness (QED) is 0.319. The van der Waals surface area contributed by atoms with Crippen molar-refractivity contribution in [3.63, 3.8) is 0 Å². The normalized spacial score (nSPS) is 15.5. The lowest BCUT2D eigenvalue weighted by atomic mass is 10.1. The van der Waals surface area contributed by atoms with Crippen LogP contribution in [0.4, 0.5) is 5.00 Å². The largest absolute Gasteiger partial charge is 0.363 e. The number of rotatable bonds is 5. The smallest absolute Gasteiger partial charge is 0.191 e. The van der Waals surface area contributed by atoms with Gasteiger partial charge in [-0.1, -0.05) is 28.1 Å². The minimum Gasteiger partial charge on any atom is -0.363 e. The first kappa shape index (κ1) is 21.5. The summed E-state index contributed by atoms with van der Waals surface area (Å²) < 4.78 is 1.10. The van der Waals surface area contributed by atoms with Gasteiger partial charge in [0.15, 0.2) is 5.96 Å².